The van der Waals surface area contributed by atoms with Gasteiger partial charge in [0.15, 0.2) is 11.3 Å². The second-order valence-corrected chi connectivity index (χ2v) is 37.0. The quantitative estimate of drug-likeness (QED) is 0.00760. The molecule has 0 atom stereocenters. The standard InChI is InChI=1S/C64H63N17O24S9/c1-35-24-49(76-80-59-37(3)43(34-65)60-68-48-28-40(104-4)14-15-53(48)81(60)61(59)82)54(105-17-7-20-108(83,84)85)31-44(35)73-78-51-30-46(69-64-71-62(66-16-23-111(92,93)94)70-63(72-64)67-39-11-6-12-41(27-39)112(95,96)97)47(33-56(51)107-19-9-22-110(89,90)91)75-77-50-25-36(2)45(32-55(50)106-18-8-21-109(86,87)88)74-79-52-29-42-38(26-58(52)114(101,102)103)10-5-13-57(42)113(98,99)100/h5-6,10-15,24-33,82H,7-9,16-23H2,1-4H3,(H,83,84,85)(H,86,87,88)(H,89,90,91)(H,92,93,94)(H,95,96,97)(H,98,99,100)(H,101,102,103)(H3,66,67,69,70,71,72). The van der Waals surface area contributed by atoms with Gasteiger partial charge in [0.05, 0.1) is 75.4 Å². The Hall–Kier alpha value is -10.5. The zero-order valence-corrected chi connectivity index (χ0v) is 66.6. The van der Waals surface area contributed by atoms with E-state index in [0.29, 0.717) is 16.8 Å². The van der Waals surface area contributed by atoms with Crippen molar-refractivity contribution >= 4 is 197 Å². The minimum absolute atomic E-state index is 0.0149. The average Bonchev–Trinajstić information content (AvgIpc) is 1.63. The second-order valence-electron chi connectivity index (χ2n) is 24.2. The molecule has 0 spiro atoms. The van der Waals surface area contributed by atoms with Gasteiger partial charge >= 0.3 is 0 Å². The fourth-order valence-corrected chi connectivity index (χ4v) is 16.6. The van der Waals surface area contributed by atoms with Crippen LogP contribution in [0.25, 0.3) is 27.5 Å². The maximum atomic E-state index is 12.8. The number of aromatic nitrogens is 5. The number of nitriles is 1. The fourth-order valence-electron chi connectivity index (χ4n) is 10.6. The van der Waals surface area contributed by atoms with Gasteiger partial charge in [-0.25, -0.2) is 4.98 Å². The number of nitrogens with zero attached hydrogens (tertiary/aromatic N) is 14. The zero-order valence-electron chi connectivity index (χ0n) is 59.2. The highest BCUT2D eigenvalue weighted by molar-refractivity contribution is 7.99. The predicted molar refractivity (Wildman–Crippen MR) is 417 cm³/mol. The Morgan fingerprint density at radius 1 is 0.518 bits per heavy atom. The molecule has 10 rings (SSSR count). The summed E-state index contributed by atoms with van der Waals surface area (Å²) in [6.07, 6.45) is -0.626. The van der Waals surface area contributed by atoms with Crippen LogP contribution < -0.4 is 25.4 Å². The van der Waals surface area contributed by atoms with Crippen molar-refractivity contribution in [2.75, 3.05) is 70.7 Å². The van der Waals surface area contributed by atoms with Gasteiger partial charge in [0.2, 0.25) is 23.7 Å². The number of anilines is 5. The summed E-state index contributed by atoms with van der Waals surface area (Å²) < 4.78 is 252. The molecular weight excluding hydrogens is 1680 g/mol. The SMILES string of the molecule is COc1ccc2c(c1)nc1c(C#N)c(C)c(N=Nc3cc(C)c(N=Nc4cc(Nc5nc(NCCS(=O)(=O)O)nc(Nc6cccc(S(=O)(=O)O)c6)n5)c(N=Nc5cc(C)c(N=Nc6cc7c(S(=O)(=O)O)cccc7cc6S(=O)(=O)O)cc5SCCCS(=O)(=O)O)cc4SCCCS(=O)(=O)O)cc3OCCCS(=O)(=O)O)c(O)n12. The lowest BCUT2D eigenvalue weighted by Crippen LogP contribution is -2.17. The third-order valence-electron chi connectivity index (χ3n) is 15.8. The highest BCUT2D eigenvalue weighted by Crippen LogP contribution is 2.46. The molecule has 11 N–H and O–H groups in total. The third kappa shape index (κ3) is 22.9. The first kappa shape index (κ1) is 85.9. The Morgan fingerprint density at radius 3 is 1.67 bits per heavy atom. The number of aryl methyl sites for hydroxylation is 2. The number of imidazole rings is 1. The Labute approximate surface area is 657 Å². The number of azo groups is 4. The van der Waals surface area contributed by atoms with Crippen LogP contribution in [0.3, 0.4) is 0 Å². The monoisotopic (exact) mass is 1740 g/mol. The first-order valence-electron chi connectivity index (χ1n) is 32.5. The van der Waals surface area contributed by atoms with E-state index in [1.165, 1.54) is 86.0 Å². The van der Waals surface area contributed by atoms with Crippen LogP contribution in [0.4, 0.5) is 74.7 Å². The summed E-state index contributed by atoms with van der Waals surface area (Å²) in [6, 6.07) is 25.2. The lowest BCUT2D eigenvalue weighted by atomic mass is 10.1. The first-order valence-corrected chi connectivity index (χ1v) is 45.2. The summed E-state index contributed by atoms with van der Waals surface area (Å²) in [5.41, 5.74) is 0.146. The van der Waals surface area contributed by atoms with Crippen molar-refractivity contribution in [3.8, 4) is 23.4 Å². The van der Waals surface area contributed by atoms with Crippen LogP contribution in [0.5, 0.6) is 17.4 Å². The Balaban J connectivity index is 1.15. The molecule has 602 valence electrons. The number of thioether (sulfide) groups is 2. The second kappa shape index (κ2) is 35.1. The van der Waals surface area contributed by atoms with Gasteiger partial charge in [-0.3, -0.25) is 36.3 Å². The van der Waals surface area contributed by atoms with E-state index in [-0.39, 0.29) is 143 Å². The highest BCUT2D eigenvalue weighted by atomic mass is 32.2. The van der Waals surface area contributed by atoms with E-state index in [1.54, 1.807) is 25.1 Å². The van der Waals surface area contributed by atoms with E-state index >= 15 is 0 Å². The van der Waals surface area contributed by atoms with Crippen molar-refractivity contribution in [2.45, 2.75) is 64.5 Å². The molecule has 114 heavy (non-hydrogen) atoms. The number of fused-ring (bicyclic) bond motifs is 4. The summed E-state index contributed by atoms with van der Waals surface area (Å²) in [6.45, 7) is 3.65. The molecule has 0 amide bonds. The van der Waals surface area contributed by atoms with Crippen molar-refractivity contribution in [1.82, 2.24) is 24.3 Å². The summed E-state index contributed by atoms with van der Waals surface area (Å²) in [5.74, 6) is -4.61. The van der Waals surface area contributed by atoms with Gasteiger partial charge in [0.25, 0.3) is 70.8 Å². The molecule has 0 radical (unpaired) electrons. The Kier molecular flexibility index (Phi) is 26.5. The number of nitrogens with one attached hydrogen (secondary N) is 3. The average molecular weight is 1740 g/mol. The summed E-state index contributed by atoms with van der Waals surface area (Å²) >= 11 is 1.89. The Morgan fingerprint density at radius 2 is 1.06 bits per heavy atom. The van der Waals surface area contributed by atoms with E-state index < -0.39 is 144 Å². The molecule has 3 heterocycles. The van der Waals surface area contributed by atoms with Crippen molar-refractivity contribution in [1.29, 1.82) is 5.26 Å². The lowest BCUT2D eigenvalue weighted by Gasteiger charge is -2.15. The van der Waals surface area contributed by atoms with E-state index in [4.69, 9.17) is 9.47 Å². The van der Waals surface area contributed by atoms with Crippen molar-refractivity contribution in [3.05, 3.63) is 131 Å². The maximum absolute atomic E-state index is 12.8. The number of hydrogen-bond acceptors (Lipinski definition) is 35. The highest BCUT2D eigenvalue weighted by Gasteiger charge is 2.26. The molecule has 41 nitrogen and oxygen atoms in total. The number of benzene rings is 7. The van der Waals surface area contributed by atoms with Crippen LogP contribution in [0.2, 0.25) is 0 Å². The lowest BCUT2D eigenvalue weighted by molar-refractivity contribution is 0.317. The van der Waals surface area contributed by atoms with Crippen LogP contribution in [-0.4, -0.2) is 175 Å². The molecule has 0 aliphatic rings. The van der Waals surface area contributed by atoms with Crippen LogP contribution in [0, 0.1) is 32.1 Å². The van der Waals surface area contributed by atoms with E-state index in [2.05, 4.69) is 82.9 Å². The molecular formula is C64H63N17O24S9. The van der Waals surface area contributed by atoms with Gasteiger partial charge in [0.1, 0.15) is 55.7 Å². The molecule has 0 fully saturated rings. The van der Waals surface area contributed by atoms with Gasteiger partial charge in [-0.05, 0) is 147 Å². The molecule has 0 bridgehead atoms. The van der Waals surface area contributed by atoms with Crippen LogP contribution >= 0.6 is 23.5 Å². The van der Waals surface area contributed by atoms with Gasteiger partial charge in [-0.15, -0.1) is 54.2 Å². The number of ether oxygens (including phenoxy) is 2. The van der Waals surface area contributed by atoms with E-state index in [0.717, 1.165) is 53.9 Å². The largest absolute Gasteiger partial charge is 0.497 e. The van der Waals surface area contributed by atoms with Crippen molar-refractivity contribution in [3.63, 3.8) is 0 Å². The van der Waals surface area contributed by atoms with Crippen LogP contribution in [0.15, 0.2) is 175 Å². The molecule has 0 unspecified atom stereocenters. The summed E-state index contributed by atoms with van der Waals surface area (Å²) in [4.78, 5) is 15.9. The Bertz CT molecular complexity index is 6530. The first-order chi connectivity index (χ1) is 53.4. The minimum atomic E-state index is -5.13. The number of methoxy groups -OCH3 is 1. The predicted octanol–water partition coefficient (Wildman–Crippen LogP) is 12.9. The molecule has 0 saturated heterocycles. The zero-order chi connectivity index (χ0) is 83.0. The van der Waals surface area contributed by atoms with Gasteiger partial charge in [-0.2, -0.15) is 89.4 Å². The topological polar surface area (TPSA) is 634 Å². The van der Waals surface area contributed by atoms with Gasteiger partial charge < -0.3 is 30.5 Å². The van der Waals surface area contributed by atoms with E-state index in [9.17, 15) is 101 Å². The number of aromatic hydroxyl groups is 1. The van der Waals surface area contributed by atoms with Gasteiger partial charge in [0, 0.05) is 45.1 Å². The van der Waals surface area contributed by atoms with Gasteiger partial charge in [-0.1, -0.05) is 18.2 Å². The normalized spacial score (nSPS) is 12.8. The van der Waals surface area contributed by atoms with E-state index in [1.807, 2.05) is 0 Å². The minimum Gasteiger partial charge on any atom is -0.497 e. The molecule has 0 aliphatic carbocycles. The number of rotatable bonds is 35. The molecule has 0 saturated carbocycles. The smallest absolute Gasteiger partial charge is 0.296 e. The molecule has 3 aromatic heterocycles. The fraction of sp³-hybridized carbons (Fsp3) is 0.234. The molecule has 50 heteroatoms. The summed E-state index contributed by atoms with van der Waals surface area (Å²) in [5, 5.41) is 65.8. The molecule has 0 aliphatic heterocycles. The third-order valence-corrected chi connectivity index (χ3v) is 23.9. The number of pyridine rings is 1. The van der Waals surface area contributed by atoms with Crippen molar-refractivity contribution < 1.29 is 105 Å². The maximum Gasteiger partial charge on any atom is 0.296 e. The van der Waals surface area contributed by atoms with Crippen LogP contribution in [-0.2, 0) is 70.8 Å². The molecule has 10 aromatic rings. The summed E-state index contributed by atoms with van der Waals surface area (Å²) in [7, 11) is -31.6. The molecule has 7 aromatic carbocycles. The number of hydrogen-bond donors (Lipinski definition) is 11. The van der Waals surface area contributed by atoms with Crippen LogP contribution in [0.1, 0.15) is 41.5 Å². The van der Waals surface area contributed by atoms with Crippen molar-refractivity contribution in [2.24, 2.45) is 40.9 Å².